The number of rotatable bonds is 1. The lowest BCUT2D eigenvalue weighted by molar-refractivity contribution is -0.109. The number of carbonyl (C=O) groups excluding carboxylic acids is 1. The molecule has 90 valence electrons. The van der Waals surface area contributed by atoms with Crippen LogP contribution in [0.25, 0.3) is 10.9 Å². The van der Waals surface area contributed by atoms with Crippen molar-refractivity contribution in [2.45, 2.75) is 0 Å². The summed E-state index contributed by atoms with van der Waals surface area (Å²) < 4.78 is 4.32. The van der Waals surface area contributed by atoms with Crippen molar-refractivity contribution >= 4 is 39.3 Å². The zero-order chi connectivity index (χ0) is 12.8. The number of carbonyl (C=O) groups is 1. The van der Waals surface area contributed by atoms with Crippen LogP contribution < -0.4 is 11.4 Å². The average molecular weight is 276 g/mol. The number of benzene rings is 1. The second-order valence-electron chi connectivity index (χ2n) is 2.84. The first-order valence-corrected chi connectivity index (χ1v) is 5.32. The van der Waals surface area contributed by atoms with E-state index in [-0.39, 0.29) is 5.88 Å². The largest absolute Gasteiger partial charge is 0.419 e. The maximum absolute atomic E-state index is 11.0. The predicted molar refractivity (Wildman–Crippen MR) is 64.7 cm³/mol. The SMILES string of the molecule is O=C(Cl)CCl.O=c1[nH]c2ccccc2c(=O)o1. The minimum atomic E-state index is -0.723. The fourth-order valence-electron chi connectivity index (χ4n) is 1.04. The molecule has 0 saturated heterocycles. The van der Waals surface area contributed by atoms with Crippen molar-refractivity contribution in [2.75, 3.05) is 5.88 Å². The van der Waals surface area contributed by atoms with Crippen molar-refractivity contribution in [3.63, 3.8) is 0 Å². The van der Waals surface area contributed by atoms with Crippen LogP contribution in [-0.2, 0) is 4.79 Å². The number of aromatic amines is 1. The molecule has 0 spiro atoms. The molecule has 0 amide bonds. The van der Waals surface area contributed by atoms with E-state index in [0.29, 0.717) is 10.9 Å². The summed E-state index contributed by atoms with van der Waals surface area (Å²) in [6, 6.07) is 6.68. The number of H-pyrrole nitrogens is 1. The van der Waals surface area contributed by atoms with E-state index in [1.165, 1.54) is 0 Å². The monoisotopic (exact) mass is 275 g/mol. The van der Waals surface area contributed by atoms with Crippen LogP contribution in [-0.4, -0.2) is 16.1 Å². The van der Waals surface area contributed by atoms with E-state index in [9.17, 15) is 14.4 Å². The predicted octanol–water partition coefficient (Wildman–Crippen LogP) is 1.47. The van der Waals surface area contributed by atoms with Gasteiger partial charge in [-0.2, -0.15) is 0 Å². The maximum atomic E-state index is 11.0. The quantitative estimate of drug-likeness (QED) is 0.631. The summed E-state index contributed by atoms with van der Waals surface area (Å²) in [5.41, 5.74) is -0.104. The van der Waals surface area contributed by atoms with Crippen LogP contribution in [0, 0.1) is 0 Å². The van der Waals surface area contributed by atoms with Gasteiger partial charge in [0.25, 0.3) is 0 Å². The normalized spacial score (nSPS) is 9.53. The topological polar surface area (TPSA) is 80.1 Å². The molecule has 0 bridgehead atoms. The van der Waals surface area contributed by atoms with Gasteiger partial charge in [-0.05, 0) is 23.7 Å². The summed E-state index contributed by atoms with van der Waals surface area (Å²) in [5, 5.41) is -0.122. The highest BCUT2D eigenvalue weighted by molar-refractivity contribution is 6.67. The van der Waals surface area contributed by atoms with E-state index in [1.807, 2.05) is 0 Å². The Kier molecular flexibility index (Phi) is 4.93. The molecule has 0 aliphatic carbocycles. The van der Waals surface area contributed by atoms with Gasteiger partial charge in [-0.3, -0.25) is 9.78 Å². The molecule has 0 atom stereocenters. The average Bonchev–Trinajstić information content (AvgIpc) is 2.29. The number of fused-ring (bicyclic) bond motifs is 1. The Labute approximate surface area is 105 Å². The summed E-state index contributed by atoms with van der Waals surface area (Å²) in [6.07, 6.45) is 0. The van der Waals surface area contributed by atoms with Crippen LogP contribution in [0.15, 0.2) is 38.3 Å². The second-order valence-corrected chi connectivity index (χ2v) is 3.53. The lowest BCUT2D eigenvalue weighted by Gasteiger charge is -1.91. The van der Waals surface area contributed by atoms with Gasteiger partial charge in [0.15, 0.2) is 0 Å². The second kappa shape index (κ2) is 6.22. The third-order valence-corrected chi connectivity index (χ3v) is 2.19. The van der Waals surface area contributed by atoms with Crippen molar-refractivity contribution in [2.24, 2.45) is 0 Å². The van der Waals surface area contributed by atoms with Gasteiger partial charge in [0.05, 0.1) is 16.8 Å². The van der Waals surface area contributed by atoms with Gasteiger partial charge in [-0.15, -0.1) is 11.6 Å². The van der Waals surface area contributed by atoms with Crippen LogP contribution in [0.4, 0.5) is 0 Å². The molecule has 0 radical (unpaired) electrons. The molecule has 0 aliphatic rings. The van der Waals surface area contributed by atoms with Gasteiger partial charge in [-0.1, -0.05) is 12.1 Å². The molecule has 1 aromatic heterocycles. The summed E-state index contributed by atoms with van der Waals surface area (Å²) in [6.45, 7) is 0. The molecule has 2 rings (SSSR count). The Morgan fingerprint density at radius 1 is 1.29 bits per heavy atom. The number of para-hydroxylation sites is 1. The summed E-state index contributed by atoms with van der Waals surface area (Å²) in [7, 11) is 0. The highest BCUT2D eigenvalue weighted by Gasteiger charge is 1.98. The first-order valence-electron chi connectivity index (χ1n) is 4.41. The number of aromatic nitrogens is 1. The fourth-order valence-corrected chi connectivity index (χ4v) is 1.04. The highest BCUT2D eigenvalue weighted by atomic mass is 35.5. The Morgan fingerprint density at radius 3 is 2.47 bits per heavy atom. The first kappa shape index (κ1) is 13.5. The number of nitrogens with one attached hydrogen (secondary N) is 1. The molecular weight excluding hydrogens is 269 g/mol. The van der Waals surface area contributed by atoms with Crippen molar-refractivity contribution in [1.29, 1.82) is 0 Å². The van der Waals surface area contributed by atoms with Crippen LogP contribution in [0.1, 0.15) is 0 Å². The smallest absolute Gasteiger partial charge is 0.372 e. The standard InChI is InChI=1S/C8H5NO3.C2H2Cl2O/c10-7-5-3-1-2-4-6(5)9-8(11)12-7;3-1-2(4)5/h1-4H,(H,9,11);1H2. The van der Waals surface area contributed by atoms with Crippen molar-refractivity contribution in [1.82, 2.24) is 4.98 Å². The van der Waals surface area contributed by atoms with Gasteiger partial charge < -0.3 is 4.42 Å². The molecule has 17 heavy (non-hydrogen) atoms. The zero-order valence-electron chi connectivity index (χ0n) is 8.41. The van der Waals surface area contributed by atoms with Gasteiger partial charge >= 0.3 is 11.4 Å². The highest BCUT2D eigenvalue weighted by Crippen LogP contribution is 2.01. The molecule has 1 heterocycles. The molecule has 5 nitrogen and oxygen atoms in total. The molecule has 1 N–H and O–H groups in total. The van der Waals surface area contributed by atoms with E-state index < -0.39 is 16.6 Å². The van der Waals surface area contributed by atoms with Gasteiger partial charge in [0, 0.05) is 0 Å². The Balaban J connectivity index is 0.000000249. The van der Waals surface area contributed by atoms with Crippen molar-refractivity contribution < 1.29 is 9.21 Å². The van der Waals surface area contributed by atoms with E-state index in [2.05, 4.69) is 9.40 Å². The lowest BCUT2D eigenvalue weighted by atomic mass is 10.2. The van der Waals surface area contributed by atoms with Crippen molar-refractivity contribution in [3.05, 3.63) is 45.2 Å². The Bertz CT molecular complexity index is 632. The van der Waals surface area contributed by atoms with Gasteiger partial charge in [0.2, 0.25) is 5.24 Å². The number of hydrogen-bond acceptors (Lipinski definition) is 4. The molecule has 0 saturated carbocycles. The Morgan fingerprint density at radius 2 is 1.88 bits per heavy atom. The molecule has 0 unspecified atom stereocenters. The minimum absolute atomic E-state index is 0.0957. The molecule has 0 aliphatic heterocycles. The van der Waals surface area contributed by atoms with E-state index in [4.69, 9.17) is 23.2 Å². The number of hydrogen-bond donors (Lipinski definition) is 1. The van der Waals surface area contributed by atoms with Gasteiger partial charge in [-0.25, -0.2) is 9.59 Å². The van der Waals surface area contributed by atoms with E-state index in [0.717, 1.165) is 0 Å². The van der Waals surface area contributed by atoms with E-state index >= 15 is 0 Å². The minimum Gasteiger partial charge on any atom is -0.372 e. The molecule has 2 aromatic rings. The lowest BCUT2D eigenvalue weighted by Crippen LogP contribution is -2.13. The zero-order valence-corrected chi connectivity index (χ0v) is 9.92. The third-order valence-electron chi connectivity index (χ3n) is 1.67. The van der Waals surface area contributed by atoms with Crippen molar-refractivity contribution in [3.8, 4) is 0 Å². The van der Waals surface area contributed by atoms with Crippen LogP contribution in [0.2, 0.25) is 0 Å². The van der Waals surface area contributed by atoms with E-state index in [1.54, 1.807) is 24.3 Å². The molecule has 7 heteroatoms. The fraction of sp³-hybridized carbons (Fsp3) is 0.100. The van der Waals surface area contributed by atoms with Crippen LogP contribution >= 0.6 is 23.2 Å². The third kappa shape index (κ3) is 4.05. The number of halogens is 2. The molecule has 1 aromatic carbocycles. The first-order chi connectivity index (χ1) is 8.04. The number of alkyl halides is 1. The molecule has 0 fully saturated rings. The van der Waals surface area contributed by atoms with Crippen LogP contribution in [0.5, 0.6) is 0 Å². The van der Waals surface area contributed by atoms with Crippen LogP contribution in [0.3, 0.4) is 0 Å². The molecular formula is C10H7Cl2NO4. The maximum Gasteiger partial charge on any atom is 0.419 e. The summed E-state index contributed by atoms with van der Waals surface area (Å²) in [4.78, 5) is 33.5. The Hall–Kier alpha value is -1.59. The summed E-state index contributed by atoms with van der Waals surface area (Å²) >= 11 is 9.55. The van der Waals surface area contributed by atoms with Gasteiger partial charge in [0.1, 0.15) is 0 Å². The summed E-state index contributed by atoms with van der Waals surface area (Å²) in [5.74, 6) is -0.819.